The number of ether oxygens (including phenoxy) is 2. The first-order valence-electron chi connectivity index (χ1n) is 7.72. The number of rotatable bonds is 6. The molecule has 0 saturated carbocycles. The second-order valence-electron chi connectivity index (χ2n) is 5.80. The zero-order chi connectivity index (χ0) is 16.9. The molecule has 1 fully saturated rings. The van der Waals surface area contributed by atoms with Gasteiger partial charge < -0.3 is 19.7 Å². The number of carbonyl (C=O) groups excluding carboxylic acids is 2. The van der Waals surface area contributed by atoms with Crippen LogP contribution in [-0.2, 0) is 9.53 Å². The molecule has 1 aliphatic rings. The molecule has 1 unspecified atom stereocenters. The number of likely N-dealkylation sites (tertiary alicyclic amines) is 1. The van der Waals surface area contributed by atoms with Crippen molar-refractivity contribution in [2.24, 2.45) is 0 Å². The van der Waals surface area contributed by atoms with E-state index in [0.29, 0.717) is 24.5 Å². The zero-order valence-electron chi connectivity index (χ0n) is 13.9. The highest BCUT2D eigenvalue weighted by atomic mass is 16.5. The fourth-order valence-electron chi connectivity index (χ4n) is 3.21. The predicted molar refractivity (Wildman–Crippen MR) is 86.6 cm³/mol. The number of hydrogen-bond acceptors (Lipinski definition) is 4. The molecule has 2 rings (SSSR count). The summed E-state index contributed by atoms with van der Waals surface area (Å²) in [7, 11) is 4.77. The van der Waals surface area contributed by atoms with Crippen molar-refractivity contribution in [1.29, 1.82) is 0 Å². The Kier molecular flexibility index (Phi) is 5.60. The van der Waals surface area contributed by atoms with Gasteiger partial charge in [0.2, 0.25) is 5.91 Å². The quantitative estimate of drug-likeness (QED) is 0.861. The lowest BCUT2D eigenvalue weighted by molar-refractivity contribution is -0.123. The van der Waals surface area contributed by atoms with Gasteiger partial charge in [-0.15, -0.1) is 0 Å². The zero-order valence-corrected chi connectivity index (χ0v) is 13.9. The van der Waals surface area contributed by atoms with Crippen LogP contribution in [0.4, 0.5) is 0 Å². The molecule has 1 atom stereocenters. The summed E-state index contributed by atoms with van der Waals surface area (Å²) in [5.74, 6) is 0.452. The molecule has 23 heavy (non-hydrogen) atoms. The third-order valence-corrected chi connectivity index (χ3v) is 4.34. The van der Waals surface area contributed by atoms with E-state index in [1.54, 1.807) is 50.4 Å². The van der Waals surface area contributed by atoms with E-state index in [4.69, 9.17) is 9.47 Å². The lowest BCUT2D eigenvalue weighted by atomic mass is 9.91. The molecular weight excluding hydrogens is 296 g/mol. The van der Waals surface area contributed by atoms with Crippen LogP contribution in [0.1, 0.15) is 29.6 Å². The van der Waals surface area contributed by atoms with E-state index in [2.05, 4.69) is 5.32 Å². The highest BCUT2D eigenvalue weighted by Gasteiger charge is 2.45. The molecule has 2 amide bonds. The number of amides is 2. The predicted octanol–water partition coefficient (Wildman–Crippen LogP) is 1.45. The van der Waals surface area contributed by atoms with Crippen molar-refractivity contribution < 1.29 is 19.1 Å². The Bertz CT molecular complexity index is 575. The Hall–Kier alpha value is -2.08. The molecule has 126 valence electrons. The molecule has 0 radical (unpaired) electrons. The second-order valence-corrected chi connectivity index (χ2v) is 5.80. The van der Waals surface area contributed by atoms with E-state index in [-0.39, 0.29) is 18.2 Å². The maximum Gasteiger partial charge on any atom is 0.254 e. The van der Waals surface area contributed by atoms with Crippen LogP contribution >= 0.6 is 0 Å². The highest BCUT2D eigenvalue weighted by Crippen LogP contribution is 2.34. The normalized spacial score (nSPS) is 20.4. The van der Waals surface area contributed by atoms with E-state index in [0.717, 1.165) is 12.8 Å². The van der Waals surface area contributed by atoms with Gasteiger partial charge in [-0.05, 0) is 31.0 Å². The Morgan fingerprint density at radius 1 is 1.35 bits per heavy atom. The number of hydrogen-bond donors (Lipinski definition) is 1. The second kappa shape index (κ2) is 7.46. The lowest BCUT2D eigenvalue weighted by Gasteiger charge is -2.37. The van der Waals surface area contributed by atoms with Crippen molar-refractivity contribution in [2.75, 3.05) is 34.4 Å². The molecule has 1 aromatic rings. The molecule has 0 spiro atoms. The standard InChI is InChI=1S/C17H24N2O4/c1-18-15(20)11-17(12-22-2)8-5-9-19(17)16(21)13-6-4-7-14(10-13)23-3/h4,6-7,10H,5,8-9,11-12H2,1-3H3,(H,18,20). The fraction of sp³-hybridized carbons (Fsp3) is 0.529. The summed E-state index contributed by atoms with van der Waals surface area (Å²) >= 11 is 0. The summed E-state index contributed by atoms with van der Waals surface area (Å²) in [4.78, 5) is 26.7. The van der Waals surface area contributed by atoms with Crippen molar-refractivity contribution in [3.8, 4) is 5.75 Å². The summed E-state index contributed by atoms with van der Waals surface area (Å²) in [6.07, 6.45) is 1.85. The van der Waals surface area contributed by atoms with Crippen LogP contribution in [0, 0.1) is 0 Å². The van der Waals surface area contributed by atoms with Gasteiger partial charge in [0.1, 0.15) is 5.75 Å². The van der Waals surface area contributed by atoms with E-state index >= 15 is 0 Å². The minimum Gasteiger partial charge on any atom is -0.497 e. The maximum atomic E-state index is 13.0. The molecule has 0 aliphatic carbocycles. The van der Waals surface area contributed by atoms with E-state index in [9.17, 15) is 9.59 Å². The van der Waals surface area contributed by atoms with Crippen LogP contribution < -0.4 is 10.1 Å². The summed E-state index contributed by atoms with van der Waals surface area (Å²) in [5, 5.41) is 2.64. The molecular formula is C17H24N2O4. The summed E-state index contributed by atoms with van der Waals surface area (Å²) in [6, 6.07) is 7.07. The topological polar surface area (TPSA) is 67.9 Å². The average molecular weight is 320 g/mol. The van der Waals surface area contributed by atoms with Crippen LogP contribution in [0.25, 0.3) is 0 Å². The Labute approximate surface area is 136 Å². The molecule has 1 heterocycles. The Morgan fingerprint density at radius 3 is 2.78 bits per heavy atom. The lowest BCUT2D eigenvalue weighted by Crippen LogP contribution is -2.52. The third-order valence-electron chi connectivity index (χ3n) is 4.34. The van der Waals surface area contributed by atoms with Gasteiger partial charge in [-0.2, -0.15) is 0 Å². The van der Waals surface area contributed by atoms with Crippen LogP contribution in [0.2, 0.25) is 0 Å². The smallest absolute Gasteiger partial charge is 0.254 e. The molecule has 6 heteroatoms. The van der Waals surface area contributed by atoms with E-state index in [1.165, 1.54) is 0 Å². The van der Waals surface area contributed by atoms with Crippen molar-refractivity contribution in [3.05, 3.63) is 29.8 Å². The third kappa shape index (κ3) is 3.64. The number of carbonyl (C=O) groups is 2. The molecule has 0 aromatic heterocycles. The van der Waals surface area contributed by atoms with Gasteiger partial charge in [0.05, 0.1) is 25.7 Å². The largest absolute Gasteiger partial charge is 0.497 e. The monoisotopic (exact) mass is 320 g/mol. The van der Waals surface area contributed by atoms with Gasteiger partial charge in [0.15, 0.2) is 0 Å². The summed E-state index contributed by atoms with van der Waals surface area (Å²) in [5.41, 5.74) is -0.0294. The van der Waals surface area contributed by atoms with Crippen molar-refractivity contribution in [2.45, 2.75) is 24.8 Å². The van der Waals surface area contributed by atoms with Crippen molar-refractivity contribution in [1.82, 2.24) is 10.2 Å². The Balaban J connectivity index is 2.30. The SMILES string of the molecule is CNC(=O)CC1(COC)CCCN1C(=O)c1cccc(OC)c1. The first-order valence-corrected chi connectivity index (χ1v) is 7.72. The Morgan fingerprint density at radius 2 is 2.13 bits per heavy atom. The van der Waals surface area contributed by atoms with Gasteiger partial charge in [0, 0.05) is 26.3 Å². The fourth-order valence-corrected chi connectivity index (χ4v) is 3.21. The summed E-state index contributed by atoms with van der Waals surface area (Å²) < 4.78 is 10.5. The van der Waals surface area contributed by atoms with Crippen LogP contribution in [0.5, 0.6) is 5.75 Å². The van der Waals surface area contributed by atoms with Crippen molar-refractivity contribution in [3.63, 3.8) is 0 Å². The molecule has 1 saturated heterocycles. The first-order chi connectivity index (χ1) is 11.1. The van der Waals surface area contributed by atoms with Crippen LogP contribution in [-0.4, -0.2) is 56.7 Å². The van der Waals surface area contributed by atoms with Crippen molar-refractivity contribution >= 4 is 11.8 Å². The molecule has 1 N–H and O–H groups in total. The van der Waals surface area contributed by atoms with E-state index in [1.807, 2.05) is 0 Å². The summed E-state index contributed by atoms with van der Waals surface area (Å²) in [6.45, 7) is 0.965. The molecule has 0 bridgehead atoms. The highest BCUT2D eigenvalue weighted by molar-refractivity contribution is 5.95. The van der Waals surface area contributed by atoms with E-state index < -0.39 is 5.54 Å². The number of methoxy groups -OCH3 is 2. The molecule has 6 nitrogen and oxygen atoms in total. The van der Waals surface area contributed by atoms with Gasteiger partial charge in [-0.3, -0.25) is 9.59 Å². The maximum absolute atomic E-state index is 13.0. The number of benzene rings is 1. The number of nitrogens with zero attached hydrogens (tertiary/aromatic N) is 1. The van der Waals surface area contributed by atoms with Gasteiger partial charge in [-0.1, -0.05) is 6.07 Å². The minimum atomic E-state index is -0.588. The minimum absolute atomic E-state index is 0.0904. The van der Waals surface area contributed by atoms with Gasteiger partial charge in [-0.25, -0.2) is 0 Å². The molecule has 1 aliphatic heterocycles. The average Bonchev–Trinajstić information content (AvgIpc) is 2.97. The van der Waals surface area contributed by atoms with Gasteiger partial charge >= 0.3 is 0 Å². The first kappa shape index (κ1) is 17.3. The molecule has 1 aromatic carbocycles. The van der Waals surface area contributed by atoms with Crippen LogP contribution in [0.3, 0.4) is 0 Å². The van der Waals surface area contributed by atoms with Gasteiger partial charge in [0.25, 0.3) is 5.91 Å². The van der Waals surface area contributed by atoms with Crippen LogP contribution in [0.15, 0.2) is 24.3 Å². The number of nitrogens with one attached hydrogen (secondary N) is 1.